The maximum absolute atomic E-state index is 10.8. The molecule has 15 heavy (non-hydrogen) atoms. The first kappa shape index (κ1) is 12.7. The Morgan fingerprint density at radius 2 is 1.87 bits per heavy atom. The summed E-state index contributed by atoms with van der Waals surface area (Å²) in [6.07, 6.45) is 6.92. The molecule has 0 bridgehead atoms. The van der Waals surface area contributed by atoms with Crippen LogP contribution in [0.3, 0.4) is 0 Å². The van der Waals surface area contributed by atoms with Crippen molar-refractivity contribution >= 4 is 13.2 Å². The maximum atomic E-state index is 10.8. The van der Waals surface area contributed by atoms with Crippen LogP contribution in [0, 0.1) is 5.92 Å². The minimum absolute atomic E-state index is 0.370. The number of carbonyl (C=O) groups excluding carboxylic acids is 1. The molecule has 6 heteroatoms. The van der Waals surface area contributed by atoms with Crippen LogP contribution in [0.1, 0.15) is 38.5 Å². The zero-order valence-corrected chi connectivity index (χ0v) is 9.58. The molecular weight excluding hydrogens is 217 g/mol. The first-order chi connectivity index (χ1) is 7.00. The highest BCUT2D eigenvalue weighted by molar-refractivity contribution is 7.69. The van der Waals surface area contributed by atoms with E-state index < -0.39 is 13.2 Å². The van der Waals surface area contributed by atoms with E-state index in [1.807, 2.05) is 0 Å². The molecule has 0 aliphatic heterocycles. The summed E-state index contributed by atoms with van der Waals surface area (Å²) in [5.74, 6) is 0.607. The van der Waals surface area contributed by atoms with Crippen LogP contribution in [0.5, 0.6) is 0 Å². The summed E-state index contributed by atoms with van der Waals surface area (Å²) >= 11 is 0. The summed E-state index contributed by atoms with van der Waals surface area (Å²) in [6.45, 7) is 0.370. The molecular formula is C9H18NO4P. The van der Waals surface area contributed by atoms with Crippen LogP contribution in [-0.2, 0) is 4.57 Å². The first-order valence-corrected chi connectivity index (χ1v) is 6.95. The summed E-state index contributed by atoms with van der Waals surface area (Å²) in [7, 11) is -4.58. The molecule has 0 aromatic rings. The molecule has 1 fully saturated rings. The van der Waals surface area contributed by atoms with Crippen LogP contribution >= 0.6 is 7.60 Å². The molecule has 1 aliphatic rings. The van der Waals surface area contributed by atoms with Gasteiger partial charge in [-0.1, -0.05) is 32.1 Å². The summed E-state index contributed by atoms with van der Waals surface area (Å²) in [5, 5.41) is 2.27. The van der Waals surface area contributed by atoms with E-state index >= 15 is 0 Å². The predicted molar refractivity (Wildman–Crippen MR) is 56.6 cm³/mol. The van der Waals surface area contributed by atoms with Gasteiger partial charge in [-0.2, -0.15) is 0 Å². The normalized spacial score (nSPS) is 18.8. The van der Waals surface area contributed by atoms with Gasteiger partial charge >= 0.3 is 13.2 Å². The second kappa shape index (κ2) is 5.64. The molecule has 0 aromatic heterocycles. The van der Waals surface area contributed by atoms with Gasteiger partial charge in [0.1, 0.15) is 0 Å². The minimum atomic E-state index is -4.58. The van der Waals surface area contributed by atoms with Crippen molar-refractivity contribution in [2.24, 2.45) is 5.92 Å². The standard InChI is InChI=1S/C9H18NO4P/c11-9(15(12,13)14)10-7-6-8-4-2-1-3-5-8/h8H,1-7H2,(H,10,11)(H2,12,13,14). The topological polar surface area (TPSA) is 86.6 Å². The Morgan fingerprint density at radius 3 is 2.40 bits per heavy atom. The van der Waals surface area contributed by atoms with Crippen molar-refractivity contribution in [2.75, 3.05) is 6.54 Å². The molecule has 0 saturated heterocycles. The fourth-order valence-electron chi connectivity index (χ4n) is 1.96. The number of hydrogen-bond donors (Lipinski definition) is 3. The molecule has 0 heterocycles. The van der Waals surface area contributed by atoms with Gasteiger partial charge in [0, 0.05) is 6.54 Å². The maximum Gasteiger partial charge on any atom is 0.413 e. The molecule has 0 spiro atoms. The molecule has 1 rings (SSSR count). The van der Waals surface area contributed by atoms with E-state index in [1.54, 1.807) is 0 Å². The molecule has 3 N–H and O–H groups in total. The van der Waals surface area contributed by atoms with Gasteiger partial charge in [-0.25, -0.2) is 4.57 Å². The number of amides is 1. The summed E-state index contributed by atoms with van der Waals surface area (Å²) in [4.78, 5) is 27.9. The largest absolute Gasteiger partial charge is 0.413 e. The third kappa shape index (κ3) is 4.78. The third-order valence-corrected chi connectivity index (χ3v) is 3.51. The summed E-state index contributed by atoms with van der Waals surface area (Å²) < 4.78 is 10.5. The van der Waals surface area contributed by atoms with Crippen molar-refractivity contribution in [1.29, 1.82) is 0 Å². The smallest absolute Gasteiger partial charge is 0.346 e. The van der Waals surface area contributed by atoms with Gasteiger partial charge in [0.15, 0.2) is 0 Å². The Balaban J connectivity index is 2.15. The molecule has 5 nitrogen and oxygen atoms in total. The van der Waals surface area contributed by atoms with E-state index in [0.717, 1.165) is 6.42 Å². The van der Waals surface area contributed by atoms with E-state index in [9.17, 15) is 9.36 Å². The highest BCUT2D eigenvalue weighted by atomic mass is 31.2. The lowest BCUT2D eigenvalue weighted by atomic mass is 9.87. The van der Waals surface area contributed by atoms with Crippen LogP contribution in [0.2, 0.25) is 0 Å². The minimum Gasteiger partial charge on any atom is -0.346 e. The fraction of sp³-hybridized carbons (Fsp3) is 0.889. The summed E-state index contributed by atoms with van der Waals surface area (Å²) in [6, 6.07) is 0. The van der Waals surface area contributed by atoms with E-state index in [4.69, 9.17) is 9.79 Å². The molecule has 0 radical (unpaired) electrons. The van der Waals surface area contributed by atoms with Crippen LogP contribution in [0.4, 0.5) is 4.79 Å². The Morgan fingerprint density at radius 1 is 1.27 bits per heavy atom. The lowest BCUT2D eigenvalue weighted by molar-refractivity contribution is 0.246. The quantitative estimate of drug-likeness (QED) is 0.649. The van der Waals surface area contributed by atoms with E-state index in [1.165, 1.54) is 32.1 Å². The SMILES string of the molecule is O=C(NCCC1CCCCC1)P(=O)(O)O. The highest BCUT2D eigenvalue weighted by Gasteiger charge is 2.25. The van der Waals surface area contributed by atoms with Crippen molar-refractivity contribution in [3.05, 3.63) is 0 Å². The molecule has 0 aromatic carbocycles. The number of rotatable bonds is 4. The van der Waals surface area contributed by atoms with Gasteiger partial charge in [0.25, 0.3) is 0 Å². The zero-order chi connectivity index (χ0) is 11.3. The lowest BCUT2D eigenvalue weighted by Gasteiger charge is -2.21. The van der Waals surface area contributed by atoms with Crippen molar-refractivity contribution in [3.8, 4) is 0 Å². The van der Waals surface area contributed by atoms with Gasteiger partial charge in [-0.3, -0.25) is 4.79 Å². The number of nitrogens with one attached hydrogen (secondary N) is 1. The van der Waals surface area contributed by atoms with Crippen molar-refractivity contribution < 1.29 is 19.1 Å². The monoisotopic (exact) mass is 235 g/mol. The molecule has 0 unspecified atom stereocenters. The Bertz CT molecular complexity index is 257. The van der Waals surface area contributed by atoms with Crippen molar-refractivity contribution in [2.45, 2.75) is 38.5 Å². The molecule has 88 valence electrons. The average Bonchev–Trinajstić information content (AvgIpc) is 2.18. The second-order valence-electron chi connectivity index (χ2n) is 4.07. The predicted octanol–water partition coefficient (Wildman–Crippen LogP) is 1.84. The molecule has 1 aliphatic carbocycles. The van der Waals surface area contributed by atoms with Crippen molar-refractivity contribution in [1.82, 2.24) is 5.32 Å². The van der Waals surface area contributed by atoms with E-state index in [-0.39, 0.29) is 0 Å². The first-order valence-electron chi connectivity index (χ1n) is 5.34. The van der Waals surface area contributed by atoms with Crippen molar-refractivity contribution in [3.63, 3.8) is 0 Å². The van der Waals surface area contributed by atoms with Crippen LogP contribution in [0.15, 0.2) is 0 Å². The van der Waals surface area contributed by atoms with Crippen LogP contribution < -0.4 is 5.32 Å². The Labute approximate surface area is 89.4 Å². The van der Waals surface area contributed by atoms with E-state index in [2.05, 4.69) is 5.32 Å². The fourth-order valence-corrected chi connectivity index (χ4v) is 2.28. The number of carbonyl (C=O) groups is 1. The van der Waals surface area contributed by atoms with Gasteiger partial charge in [-0.05, 0) is 12.3 Å². The molecule has 1 amide bonds. The average molecular weight is 235 g/mol. The van der Waals surface area contributed by atoms with Gasteiger partial charge < -0.3 is 15.1 Å². The lowest BCUT2D eigenvalue weighted by Crippen LogP contribution is -2.24. The van der Waals surface area contributed by atoms with Crippen LogP contribution in [-0.4, -0.2) is 22.0 Å². The summed E-state index contributed by atoms with van der Waals surface area (Å²) in [5.41, 5.74) is -1.15. The van der Waals surface area contributed by atoms with Gasteiger partial charge in [0.05, 0.1) is 0 Å². The Hall–Kier alpha value is -0.380. The number of hydrogen-bond acceptors (Lipinski definition) is 2. The third-order valence-electron chi connectivity index (χ3n) is 2.82. The molecule has 0 atom stereocenters. The zero-order valence-electron chi connectivity index (χ0n) is 8.69. The molecule has 1 saturated carbocycles. The van der Waals surface area contributed by atoms with Gasteiger partial charge in [-0.15, -0.1) is 0 Å². The van der Waals surface area contributed by atoms with Crippen LogP contribution in [0.25, 0.3) is 0 Å². The highest BCUT2D eigenvalue weighted by Crippen LogP contribution is 2.35. The Kier molecular flexibility index (Phi) is 4.77. The van der Waals surface area contributed by atoms with E-state index in [0.29, 0.717) is 12.5 Å². The van der Waals surface area contributed by atoms with Gasteiger partial charge in [0.2, 0.25) is 0 Å². The second-order valence-corrected chi connectivity index (χ2v) is 5.56.